The number of hydrogen-bond donors (Lipinski definition) is 3. The summed E-state index contributed by atoms with van der Waals surface area (Å²) in [7, 11) is -2.36. The molecular weight excluding hydrogens is 826 g/mol. The van der Waals surface area contributed by atoms with Crippen molar-refractivity contribution in [2.24, 2.45) is 0 Å². The molecule has 1 amide bonds. The van der Waals surface area contributed by atoms with Gasteiger partial charge < -0.3 is 29.7 Å². The Bertz CT molecular complexity index is 2930. The summed E-state index contributed by atoms with van der Waals surface area (Å²) in [6.45, 7) is 12.2. The summed E-state index contributed by atoms with van der Waals surface area (Å²) in [5, 5.41) is 25.7. The molecule has 3 N–H and O–H groups in total. The van der Waals surface area contributed by atoms with Gasteiger partial charge in [-0.1, -0.05) is 65.2 Å². The molecule has 0 aromatic heterocycles. The van der Waals surface area contributed by atoms with E-state index in [-0.39, 0.29) is 40.1 Å². The van der Waals surface area contributed by atoms with E-state index in [1.165, 1.54) is 6.07 Å². The second-order valence-electron chi connectivity index (χ2n) is 17.4. The lowest BCUT2D eigenvalue weighted by atomic mass is 9.91. The van der Waals surface area contributed by atoms with Gasteiger partial charge in [-0.2, -0.15) is 0 Å². The lowest BCUT2D eigenvalue weighted by Crippen LogP contribution is -2.40. The molecule has 0 heterocycles. The number of carbonyl (C=O) groups excluding carboxylic acids is 3. The summed E-state index contributed by atoms with van der Waals surface area (Å²) >= 11 is 0. The summed E-state index contributed by atoms with van der Waals surface area (Å²) < 4.78 is 33.5. The number of Topliss-reactive ketones (excluding diaryl/α,β-unsaturated/α-hetero) is 2. The molecule has 10 nitrogen and oxygen atoms in total. The molecule has 324 valence electrons. The first-order chi connectivity index (χ1) is 30.3. The number of fused-ring (bicyclic) bond motifs is 1. The molecule has 0 fully saturated rings. The molecule has 0 saturated carbocycles. The number of ketones is 2. The number of benzene rings is 7. The highest BCUT2D eigenvalue weighted by molar-refractivity contribution is 7.62. The van der Waals surface area contributed by atoms with Crippen LogP contribution in [0.5, 0.6) is 28.7 Å². The number of amides is 1. The van der Waals surface area contributed by atoms with E-state index in [2.05, 4.69) is 5.32 Å². The first-order valence-corrected chi connectivity index (χ1v) is 21.9. The largest absolute Gasteiger partial charge is 0.508 e. The monoisotopic (exact) mass is 874 g/mol. The lowest BCUT2D eigenvalue weighted by Gasteiger charge is -2.27. The fourth-order valence-corrected chi connectivity index (χ4v) is 8.67. The first kappa shape index (κ1) is 44.8. The third kappa shape index (κ3) is 10.1. The zero-order chi connectivity index (χ0) is 46.0. The van der Waals surface area contributed by atoms with Crippen LogP contribution in [-0.4, -0.2) is 44.5 Å². The number of para-hydroxylation sites is 1. The number of carbonyl (C=O) groups is 3. The van der Waals surface area contributed by atoms with Gasteiger partial charge in [0.15, 0.2) is 17.0 Å². The molecule has 0 radical (unpaired) electrons. The van der Waals surface area contributed by atoms with E-state index in [0.717, 1.165) is 10.8 Å². The van der Waals surface area contributed by atoms with Crippen molar-refractivity contribution < 1.29 is 43.4 Å². The predicted molar refractivity (Wildman–Crippen MR) is 252 cm³/mol. The van der Waals surface area contributed by atoms with E-state index in [9.17, 15) is 29.2 Å². The van der Waals surface area contributed by atoms with E-state index in [1.54, 1.807) is 167 Å². The number of anilines is 1. The van der Waals surface area contributed by atoms with E-state index in [4.69, 9.17) is 14.2 Å². The van der Waals surface area contributed by atoms with Gasteiger partial charge in [-0.25, -0.2) is 0 Å². The van der Waals surface area contributed by atoms with Gasteiger partial charge >= 0.3 is 7.80 Å². The molecule has 0 aliphatic rings. The highest BCUT2D eigenvalue weighted by atomic mass is 31.1. The molecule has 0 saturated heterocycles. The normalized spacial score (nSPS) is 12.0. The van der Waals surface area contributed by atoms with Gasteiger partial charge in [0.2, 0.25) is 22.2 Å². The van der Waals surface area contributed by atoms with E-state index in [1.807, 2.05) is 26.8 Å². The van der Waals surface area contributed by atoms with Crippen LogP contribution in [-0.2, 0) is 4.57 Å². The molecule has 7 aromatic rings. The molecular formula is C53H49NO9P+. The van der Waals surface area contributed by atoms with Crippen molar-refractivity contribution >= 4 is 52.3 Å². The summed E-state index contributed by atoms with van der Waals surface area (Å²) in [6.07, 6.45) is 0. The van der Waals surface area contributed by atoms with Gasteiger partial charge in [0, 0.05) is 39.6 Å². The molecule has 0 bridgehead atoms. The number of aromatic hydroxyl groups is 2. The topological polar surface area (TPSA) is 148 Å². The van der Waals surface area contributed by atoms with Crippen LogP contribution >= 0.6 is 7.80 Å². The molecule has 1 unspecified atom stereocenters. The minimum Gasteiger partial charge on any atom is -0.508 e. The summed E-state index contributed by atoms with van der Waals surface area (Å²) in [6, 6.07) is 42.1. The Morgan fingerprint density at radius 3 is 1.78 bits per heavy atom. The van der Waals surface area contributed by atoms with Crippen molar-refractivity contribution in [3.05, 3.63) is 168 Å². The van der Waals surface area contributed by atoms with Crippen LogP contribution in [0.25, 0.3) is 21.9 Å². The average Bonchev–Trinajstić information content (AvgIpc) is 3.26. The predicted octanol–water partition coefficient (Wildman–Crippen LogP) is 11.2. The number of phenolic OH excluding ortho intramolecular Hbond substituents is 2. The van der Waals surface area contributed by atoms with Crippen molar-refractivity contribution in [3.63, 3.8) is 0 Å². The smallest absolute Gasteiger partial charge is 0.420 e. The van der Waals surface area contributed by atoms with Crippen LogP contribution in [0, 0.1) is 0 Å². The Morgan fingerprint density at radius 1 is 0.516 bits per heavy atom. The Labute approximate surface area is 373 Å². The van der Waals surface area contributed by atoms with Crippen molar-refractivity contribution in [2.45, 2.75) is 65.3 Å². The highest BCUT2D eigenvalue weighted by Gasteiger charge is 2.39. The van der Waals surface area contributed by atoms with Gasteiger partial charge in [0.05, 0.1) is 0 Å². The van der Waals surface area contributed by atoms with Crippen molar-refractivity contribution in [1.82, 2.24) is 0 Å². The highest BCUT2D eigenvalue weighted by Crippen LogP contribution is 2.37. The zero-order valence-electron chi connectivity index (χ0n) is 36.6. The third-order valence-electron chi connectivity index (χ3n) is 10.3. The van der Waals surface area contributed by atoms with Crippen LogP contribution < -0.4 is 30.1 Å². The van der Waals surface area contributed by atoms with Crippen LogP contribution in [0.4, 0.5) is 5.69 Å². The third-order valence-corrected chi connectivity index (χ3v) is 11.9. The first-order valence-electron chi connectivity index (χ1n) is 20.7. The number of phenols is 2. The molecule has 0 spiro atoms. The van der Waals surface area contributed by atoms with E-state index < -0.39 is 30.4 Å². The maximum absolute atomic E-state index is 14.7. The van der Waals surface area contributed by atoms with Gasteiger partial charge in [-0.15, -0.1) is 0 Å². The maximum atomic E-state index is 14.7. The quantitative estimate of drug-likeness (QED) is 0.0717. The van der Waals surface area contributed by atoms with Gasteiger partial charge in [-0.05, 0) is 144 Å². The second kappa shape index (κ2) is 17.8. The molecule has 64 heavy (non-hydrogen) atoms. The standard InChI is InChI=1S/C53H48NO9P/c1-51(2,3)61-41-27-28-45(47(32-41)64(60)46-18-11-9-16-43(46)42-15-8-10-17-44(42)56)63-53(6,7)49(58)36-14-12-13-35(30-36)48(57)52(4,5)62-40-25-22-38(23-26-40)54-50(59)37-20-19-34-31-39(55)24-21-33(34)29-37/h8-32H,1-7H3,(H2-,54,55,56,59,60)/p+1. The number of ether oxygens (including phenoxy) is 3. The summed E-state index contributed by atoms with van der Waals surface area (Å²) in [5.41, 5.74) is -0.881. The molecule has 0 aliphatic carbocycles. The minimum atomic E-state index is -2.36. The van der Waals surface area contributed by atoms with Gasteiger partial charge in [-0.3, -0.25) is 14.4 Å². The van der Waals surface area contributed by atoms with Gasteiger partial charge in [0.1, 0.15) is 28.6 Å². The van der Waals surface area contributed by atoms with Gasteiger partial charge in [0.25, 0.3) is 5.91 Å². The lowest BCUT2D eigenvalue weighted by molar-refractivity contribution is 0.0579. The fraction of sp³-hybridized carbons (Fsp3) is 0.189. The Kier molecular flexibility index (Phi) is 12.5. The number of rotatable bonds is 14. The molecule has 7 aromatic carbocycles. The van der Waals surface area contributed by atoms with E-state index >= 15 is 0 Å². The van der Waals surface area contributed by atoms with Crippen LogP contribution in [0.1, 0.15) is 79.5 Å². The fourth-order valence-electron chi connectivity index (χ4n) is 7.21. The Morgan fingerprint density at radius 2 is 1.11 bits per heavy atom. The Hall–Kier alpha value is -7.29. The molecule has 11 heteroatoms. The van der Waals surface area contributed by atoms with Crippen LogP contribution in [0.15, 0.2) is 152 Å². The maximum Gasteiger partial charge on any atom is 0.420 e. The van der Waals surface area contributed by atoms with E-state index in [0.29, 0.717) is 44.5 Å². The number of hydrogen-bond acceptors (Lipinski definition) is 9. The molecule has 0 aliphatic heterocycles. The summed E-state index contributed by atoms with van der Waals surface area (Å²) in [5.74, 6) is 0.133. The second-order valence-corrected chi connectivity index (χ2v) is 18.9. The molecule has 7 rings (SSSR count). The Balaban J connectivity index is 1.08. The molecule has 1 atom stereocenters. The zero-order valence-corrected chi connectivity index (χ0v) is 37.5. The average molecular weight is 875 g/mol. The van der Waals surface area contributed by atoms with Crippen molar-refractivity contribution in [2.75, 3.05) is 5.32 Å². The minimum absolute atomic E-state index is 0.0427. The van der Waals surface area contributed by atoms with Crippen LogP contribution in [0.3, 0.4) is 0 Å². The van der Waals surface area contributed by atoms with Crippen molar-refractivity contribution in [1.29, 1.82) is 0 Å². The SMILES string of the molecule is CC(C)(C)Oc1ccc(OC(C)(C)C(=O)c2cccc(C(=O)C(C)(C)Oc3ccc(NC(=O)c4ccc5cc(O)ccc5c4)cc3)c2)c([P+](=O)c2ccccc2-c2ccccc2O)c1. The summed E-state index contributed by atoms with van der Waals surface area (Å²) in [4.78, 5) is 41.3. The van der Waals surface area contributed by atoms with Crippen molar-refractivity contribution in [3.8, 4) is 39.9 Å². The van der Waals surface area contributed by atoms with Crippen LogP contribution in [0.2, 0.25) is 0 Å². The number of nitrogens with one attached hydrogen (secondary N) is 1.